The first-order valence-corrected chi connectivity index (χ1v) is 9.88. The Morgan fingerprint density at radius 2 is 1.85 bits per heavy atom. The average molecular weight is 394 g/mol. The quantitative estimate of drug-likeness (QED) is 0.603. The molecule has 1 aliphatic carbocycles. The summed E-state index contributed by atoms with van der Waals surface area (Å²) in [5, 5.41) is 0.532. The van der Waals surface area contributed by atoms with Gasteiger partial charge in [-0.2, -0.15) is 8.42 Å². The molecular formula is C16H14N2O6S2. The molecule has 1 aromatic rings. The SMILES string of the molecule is CC1C(=O)C(N2C(=O)CCC2=O)=C(S(=O)(=O)O)C=C1Sc1ccccn1. The maximum Gasteiger partial charge on any atom is 0.296 e. The van der Waals surface area contributed by atoms with Gasteiger partial charge in [0.15, 0.2) is 5.78 Å². The lowest BCUT2D eigenvalue weighted by molar-refractivity contribution is -0.138. The van der Waals surface area contributed by atoms with Gasteiger partial charge in [0.25, 0.3) is 10.1 Å². The minimum Gasteiger partial charge on any atom is -0.292 e. The average Bonchev–Trinajstić information content (AvgIpc) is 2.91. The maximum absolute atomic E-state index is 12.8. The number of allylic oxidation sites excluding steroid dienone is 3. The summed E-state index contributed by atoms with van der Waals surface area (Å²) in [5.74, 6) is -2.85. The van der Waals surface area contributed by atoms with Crippen molar-refractivity contribution in [3.8, 4) is 0 Å². The Hall–Kier alpha value is -2.30. The molecule has 0 bridgehead atoms. The van der Waals surface area contributed by atoms with Gasteiger partial charge in [0, 0.05) is 23.9 Å². The third-order valence-electron chi connectivity index (χ3n) is 3.97. The summed E-state index contributed by atoms with van der Waals surface area (Å²) < 4.78 is 33.3. The monoisotopic (exact) mass is 394 g/mol. The lowest BCUT2D eigenvalue weighted by atomic mass is 9.97. The molecule has 0 radical (unpaired) electrons. The van der Waals surface area contributed by atoms with E-state index >= 15 is 0 Å². The Balaban J connectivity index is 2.14. The first-order chi connectivity index (χ1) is 12.2. The number of thioether (sulfide) groups is 1. The topological polar surface area (TPSA) is 122 Å². The van der Waals surface area contributed by atoms with Crippen LogP contribution in [-0.2, 0) is 24.5 Å². The van der Waals surface area contributed by atoms with Gasteiger partial charge in [0.05, 0.1) is 5.92 Å². The molecule has 0 saturated carbocycles. The molecule has 3 rings (SSSR count). The fourth-order valence-electron chi connectivity index (χ4n) is 2.67. The molecule has 2 amide bonds. The predicted molar refractivity (Wildman–Crippen MR) is 92.0 cm³/mol. The van der Waals surface area contributed by atoms with Crippen molar-refractivity contribution in [3.05, 3.63) is 46.0 Å². The van der Waals surface area contributed by atoms with E-state index < -0.39 is 44.2 Å². The lowest BCUT2D eigenvalue weighted by Gasteiger charge is -2.26. The van der Waals surface area contributed by atoms with Crippen molar-refractivity contribution < 1.29 is 27.4 Å². The molecule has 1 saturated heterocycles. The number of ketones is 1. The third kappa shape index (κ3) is 3.35. The number of likely N-dealkylation sites (tertiary alicyclic amines) is 1. The van der Waals surface area contributed by atoms with E-state index in [-0.39, 0.29) is 12.8 Å². The highest BCUT2D eigenvalue weighted by atomic mass is 32.2. The molecular weight excluding hydrogens is 380 g/mol. The molecule has 2 aliphatic rings. The number of hydrogen-bond donors (Lipinski definition) is 1. The Kier molecular flexibility index (Phi) is 4.82. The minimum atomic E-state index is -4.84. The number of hydrogen-bond acceptors (Lipinski definition) is 7. The van der Waals surface area contributed by atoms with Crippen molar-refractivity contribution in [1.29, 1.82) is 0 Å². The van der Waals surface area contributed by atoms with Gasteiger partial charge in [-0.05, 0) is 18.2 Å². The second kappa shape index (κ2) is 6.78. The van der Waals surface area contributed by atoms with E-state index in [2.05, 4.69) is 4.98 Å². The van der Waals surface area contributed by atoms with Crippen molar-refractivity contribution in [1.82, 2.24) is 9.88 Å². The summed E-state index contributed by atoms with van der Waals surface area (Å²) in [6.45, 7) is 1.54. The fourth-order valence-corrected chi connectivity index (χ4v) is 4.42. The van der Waals surface area contributed by atoms with Crippen molar-refractivity contribution in [2.75, 3.05) is 0 Å². The van der Waals surface area contributed by atoms with Gasteiger partial charge in [-0.25, -0.2) is 9.88 Å². The molecule has 1 unspecified atom stereocenters. The van der Waals surface area contributed by atoms with Crippen LogP contribution in [0.3, 0.4) is 0 Å². The lowest BCUT2D eigenvalue weighted by Crippen LogP contribution is -2.38. The first kappa shape index (κ1) is 18.5. The second-order valence-electron chi connectivity index (χ2n) is 5.71. The van der Waals surface area contributed by atoms with Crippen LogP contribution in [0.15, 0.2) is 51.0 Å². The number of Topliss-reactive ketones (excluding diaryl/α,β-unsaturated/α-hetero) is 1. The Morgan fingerprint density at radius 1 is 1.19 bits per heavy atom. The van der Waals surface area contributed by atoms with Gasteiger partial charge in [0.2, 0.25) is 11.8 Å². The molecule has 26 heavy (non-hydrogen) atoms. The van der Waals surface area contributed by atoms with Crippen LogP contribution in [0.4, 0.5) is 0 Å². The number of nitrogens with zero attached hydrogens (tertiary/aromatic N) is 2. The summed E-state index contributed by atoms with van der Waals surface area (Å²) in [7, 11) is -4.84. The molecule has 0 spiro atoms. The number of imide groups is 1. The molecule has 1 fully saturated rings. The van der Waals surface area contributed by atoms with E-state index in [4.69, 9.17) is 0 Å². The van der Waals surface area contributed by atoms with E-state index in [1.807, 2.05) is 0 Å². The van der Waals surface area contributed by atoms with Crippen LogP contribution < -0.4 is 0 Å². The highest BCUT2D eigenvalue weighted by Gasteiger charge is 2.43. The molecule has 8 nitrogen and oxygen atoms in total. The summed E-state index contributed by atoms with van der Waals surface area (Å²) >= 11 is 1.07. The fraction of sp³-hybridized carbons (Fsp3) is 0.250. The van der Waals surface area contributed by atoms with Gasteiger partial charge in [-0.15, -0.1) is 0 Å². The summed E-state index contributed by atoms with van der Waals surface area (Å²) in [6.07, 6.45) is 2.45. The molecule has 1 atom stereocenters. The number of carbonyl (C=O) groups is 3. The predicted octanol–water partition coefficient (Wildman–Crippen LogP) is 1.52. The zero-order valence-corrected chi connectivity index (χ0v) is 15.2. The van der Waals surface area contributed by atoms with Crippen molar-refractivity contribution in [2.24, 2.45) is 5.92 Å². The van der Waals surface area contributed by atoms with Gasteiger partial charge >= 0.3 is 0 Å². The van der Waals surface area contributed by atoms with Crippen LogP contribution in [0.2, 0.25) is 0 Å². The maximum atomic E-state index is 12.8. The van der Waals surface area contributed by atoms with E-state index in [0.29, 0.717) is 14.8 Å². The van der Waals surface area contributed by atoms with Crippen LogP contribution in [0.5, 0.6) is 0 Å². The number of aromatic nitrogens is 1. The van der Waals surface area contributed by atoms with Crippen LogP contribution in [-0.4, -0.2) is 40.5 Å². The van der Waals surface area contributed by atoms with E-state index in [9.17, 15) is 27.4 Å². The summed E-state index contributed by atoms with van der Waals surface area (Å²) in [5.41, 5.74) is -0.585. The molecule has 1 aliphatic heterocycles. The van der Waals surface area contributed by atoms with Crippen molar-refractivity contribution in [3.63, 3.8) is 0 Å². The van der Waals surface area contributed by atoms with Gasteiger partial charge in [0.1, 0.15) is 15.6 Å². The molecule has 2 heterocycles. The zero-order chi connectivity index (χ0) is 19.1. The highest BCUT2D eigenvalue weighted by Crippen LogP contribution is 2.40. The largest absolute Gasteiger partial charge is 0.296 e. The molecule has 0 aromatic carbocycles. The molecule has 1 N–H and O–H groups in total. The van der Waals surface area contributed by atoms with Crippen LogP contribution in [0.1, 0.15) is 19.8 Å². The smallest absolute Gasteiger partial charge is 0.292 e. The van der Waals surface area contributed by atoms with Crippen LogP contribution in [0, 0.1) is 5.92 Å². The molecule has 10 heteroatoms. The number of carbonyl (C=O) groups excluding carboxylic acids is 3. The summed E-state index contributed by atoms with van der Waals surface area (Å²) in [6, 6.07) is 5.13. The number of rotatable bonds is 4. The standard InChI is InChI=1S/C16H14N2O6S2/c1-9-10(25-12-4-2-3-7-17-12)8-11(26(22,23)24)15(16(9)21)18-13(19)5-6-14(18)20/h2-4,7-9H,5-6H2,1H3,(H,22,23,24). The molecule has 1 aromatic heterocycles. The zero-order valence-electron chi connectivity index (χ0n) is 13.6. The van der Waals surface area contributed by atoms with Gasteiger partial charge in [-0.1, -0.05) is 24.8 Å². The van der Waals surface area contributed by atoms with Gasteiger partial charge in [-0.3, -0.25) is 18.9 Å². The normalized spacial score (nSPS) is 21.5. The van der Waals surface area contributed by atoms with E-state index in [0.717, 1.165) is 17.8 Å². The minimum absolute atomic E-state index is 0.109. The van der Waals surface area contributed by atoms with Crippen molar-refractivity contribution in [2.45, 2.75) is 24.8 Å². The number of amides is 2. The first-order valence-electron chi connectivity index (χ1n) is 7.62. The third-order valence-corrected chi connectivity index (χ3v) is 6.00. The Labute approximate surface area is 153 Å². The Morgan fingerprint density at radius 3 is 2.38 bits per heavy atom. The number of pyridine rings is 1. The van der Waals surface area contributed by atoms with Gasteiger partial charge < -0.3 is 0 Å². The van der Waals surface area contributed by atoms with Crippen molar-refractivity contribution >= 4 is 39.5 Å². The van der Waals surface area contributed by atoms with Crippen LogP contribution >= 0.6 is 11.8 Å². The highest BCUT2D eigenvalue weighted by molar-refractivity contribution is 8.03. The van der Waals surface area contributed by atoms with Crippen LogP contribution in [0.25, 0.3) is 0 Å². The van der Waals surface area contributed by atoms with E-state index in [1.165, 1.54) is 6.92 Å². The second-order valence-corrected chi connectivity index (χ2v) is 8.20. The Bertz CT molecular complexity index is 950. The molecule has 136 valence electrons. The van der Waals surface area contributed by atoms with E-state index in [1.54, 1.807) is 24.4 Å². The summed E-state index contributed by atoms with van der Waals surface area (Å²) in [4.78, 5) is 41.0.